The zero-order valence-electron chi connectivity index (χ0n) is 15.0. The predicted molar refractivity (Wildman–Crippen MR) is 108 cm³/mol. The topological polar surface area (TPSA) is 55.4 Å². The minimum absolute atomic E-state index is 0.227. The van der Waals surface area contributed by atoms with Crippen molar-refractivity contribution in [1.29, 1.82) is 0 Å². The van der Waals surface area contributed by atoms with E-state index < -0.39 is 0 Å². The van der Waals surface area contributed by atoms with Crippen molar-refractivity contribution in [2.24, 2.45) is 5.92 Å². The van der Waals surface area contributed by atoms with Crippen LogP contribution in [0.3, 0.4) is 0 Å². The Morgan fingerprint density at radius 2 is 2.23 bits per heavy atom. The maximum absolute atomic E-state index is 12.5. The molecule has 0 fully saturated rings. The molecule has 0 saturated carbocycles. The highest BCUT2D eigenvalue weighted by molar-refractivity contribution is 7.17. The molecule has 1 aliphatic rings. The van der Waals surface area contributed by atoms with E-state index in [2.05, 4.69) is 12.2 Å². The first-order chi connectivity index (χ1) is 12.6. The summed E-state index contributed by atoms with van der Waals surface area (Å²) in [5, 5.41) is 5.48. The summed E-state index contributed by atoms with van der Waals surface area (Å²) in [6, 6.07) is 3.89. The van der Waals surface area contributed by atoms with Gasteiger partial charge in [-0.25, -0.2) is 4.79 Å². The van der Waals surface area contributed by atoms with Crippen LogP contribution in [0.2, 0.25) is 0 Å². The van der Waals surface area contributed by atoms with Crippen LogP contribution in [0.4, 0.5) is 5.00 Å². The number of carbonyl (C=O) groups excluding carboxylic acids is 2. The first kappa shape index (κ1) is 18.9. The van der Waals surface area contributed by atoms with Gasteiger partial charge in [0, 0.05) is 15.8 Å². The summed E-state index contributed by atoms with van der Waals surface area (Å²) < 4.78 is 5.25. The number of nitrogens with one attached hydrogen (secondary N) is 1. The quantitative estimate of drug-likeness (QED) is 0.549. The van der Waals surface area contributed by atoms with Gasteiger partial charge in [0.25, 0.3) is 0 Å². The number of thiophene rings is 2. The van der Waals surface area contributed by atoms with Crippen molar-refractivity contribution in [2.45, 2.75) is 39.5 Å². The summed E-state index contributed by atoms with van der Waals surface area (Å²) in [6.45, 7) is 4.33. The van der Waals surface area contributed by atoms with Crippen LogP contribution < -0.4 is 5.32 Å². The number of esters is 1. The third kappa shape index (κ3) is 4.24. The molecule has 2 aromatic rings. The van der Waals surface area contributed by atoms with Gasteiger partial charge in [0.15, 0.2) is 0 Å². The molecule has 0 aromatic carbocycles. The van der Waals surface area contributed by atoms with Crippen LogP contribution in [0.1, 0.15) is 52.4 Å². The number of fused-ring (bicyclic) bond motifs is 1. The van der Waals surface area contributed by atoms with Crippen molar-refractivity contribution < 1.29 is 14.3 Å². The number of hydrogen-bond acceptors (Lipinski definition) is 5. The summed E-state index contributed by atoms with van der Waals surface area (Å²) in [5.41, 5.74) is 1.62. The number of amides is 1. The molecule has 0 saturated heterocycles. The number of carbonyl (C=O) groups is 2. The van der Waals surface area contributed by atoms with E-state index in [0.29, 0.717) is 23.1 Å². The lowest BCUT2D eigenvalue weighted by Crippen LogP contribution is -2.16. The van der Waals surface area contributed by atoms with E-state index >= 15 is 0 Å². The molecule has 1 atom stereocenters. The lowest BCUT2D eigenvalue weighted by atomic mass is 9.85. The predicted octanol–water partition coefficient (Wildman–Crippen LogP) is 5.15. The molecular formula is C20H23NO3S2. The third-order valence-electron chi connectivity index (χ3n) is 4.60. The first-order valence-electron chi connectivity index (χ1n) is 8.96. The Kier molecular flexibility index (Phi) is 6.27. The van der Waals surface area contributed by atoms with Crippen molar-refractivity contribution in [3.05, 3.63) is 44.5 Å². The second kappa shape index (κ2) is 8.64. The summed E-state index contributed by atoms with van der Waals surface area (Å²) in [6.07, 6.45) is 7.36. The normalized spacial score (nSPS) is 16.5. The van der Waals surface area contributed by atoms with Gasteiger partial charge in [-0.2, -0.15) is 0 Å². The summed E-state index contributed by atoms with van der Waals surface area (Å²) in [5.74, 6) is 0.0885. The molecule has 4 nitrogen and oxygen atoms in total. The van der Waals surface area contributed by atoms with E-state index in [9.17, 15) is 9.59 Å². The van der Waals surface area contributed by atoms with Gasteiger partial charge in [-0.1, -0.05) is 19.4 Å². The Hall–Kier alpha value is -1.92. The van der Waals surface area contributed by atoms with Crippen LogP contribution >= 0.6 is 22.7 Å². The molecule has 138 valence electrons. The maximum atomic E-state index is 12.5. The molecule has 0 bridgehead atoms. The Morgan fingerprint density at radius 1 is 1.38 bits per heavy atom. The molecule has 3 rings (SSSR count). The lowest BCUT2D eigenvalue weighted by Gasteiger charge is -2.20. The van der Waals surface area contributed by atoms with E-state index in [1.807, 2.05) is 17.5 Å². The van der Waals surface area contributed by atoms with Gasteiger partial charge in [0.05, 0.1) is 12.2 Å². The maximum Gasteiger partial charge on any atom is 0.341 e. The minimum Gasteiger partial charge on any atom is -0.462 e. The van der Waals surface area contributed by atoms with Crippen molar-refractivity contribution >= 4 is 45.6 Å². The van der Waals surface area contributed by atoms with E-state index in [0.717, 1.165) is 36.1 Å². The Balaban J connectivity index is 1.84. The summed E-state index contributed by atoms with van der Waals surface area (Å²) in [4.78, 5) is 27.1. The second-order valence-electron chi connectivity index (χ2n) is 6.28. The van der Waals surface area contributed by atoms with Gasteiger partial charge < -0.3 is 10.1 Å². The van der Waals surface area contributed by atoms with Crippen LogP contribution in [0.5, 0.6) is 0 Å². The van der Waals surface area contributed by atoms with Crippen molar-refractivity contribution in [2.75, 3.05) is 11.9 Å². The highest BCUT2D eigenvalue weighted by atomic mass is 32.1. The highest BCUT2D eigenvalue weighted by Crippen LogP contribution is 2.40. The molecule has 26 heavy (non-hydrogen) atoms. The van der Waals surface area contributed by atoms with Gasteiger partial charge >= 0.3 is 5.97 Å². The first-order valence-corrected chi connectivity index (χ1v) is 10.7. The Labute approximate surface area is 161 Å². The second-order valence-corrected chi connectivity index (χ2v) is 8.37. The average molecular weight is 390 g/mol. The van der Waals surface area contributed by atoms with Gasteiger partial charge in [0.1, 0.15) is 5.00 Å². The smallest absolute Gasteiger partial charge is 0.341 e. The Bertz CT molecular complexity index is 805. The Morgan fingerprint density at radius 3 is 2.92 bits per heavy atom. The molecule has 1 aliphatic carbocycles. The number of hydrogen-bond donors (Lipinski definition) is 1. The molecular weight excluding hydrogens is 366 g/mol. The van der Waals surface area contributed by atoms with Gasteiger partial charge in [-0.15, -0.1) is 22.7 Å². The van der Waals surface area contributed by atoms with E-state index in [1.165, 1.54) is 22.3 Å². The fourth-order valence-corrected chi connectivity index (χ4v) is 5.18. The SMILES string of the molecule is CCOC(=O)c1c(NC(=O)C=Cc2cccs2)sc2c1CCC(CC)C2. The van der Waals surface area contributed by atoms with Crippen LogP contribution in [0.25, 0.3) is 6.08 Å². The van der Waals surface area contributed by atoms with Crippen LogP contribution in [0, 0.1) is 5.92 Å². The molecule has 1 N–H and O–H groups in total. The molecule has 6 heteroatoms. The van der Waals surface area contributed by atoms with Gasteiger partial charge in [0.2, 0.25) is 5.91 Å². The summed E-state index contributed by atoms with van der Waals surface area (Å²) >= 11 is 3.10. The number of ether oxygens (including phenoxy) is 1. The largest absolute Gasteiger partial charge is 0.462 e. The van der Waals surface area contributed by atoms with Crippen molar-refractivity contribution in [3.8, 4) is 0 Å². The average Bonchev–Trinajstić information content (AvgIpc) is 3.26. The molecule has 1 amide bonds. The molecule has 0 radical (unpaired) electrons. The number of rotatable bonds is 6. The lowest BCUT2D eigenvalue weighted by molar-refractivity contribution is -0.111. The van der Waals surface area contributed by atoms with E-state index in [-0.39, 0.29) is 11.9 Å². The monoisotopic (exact) mass is 389 g/mol. The molecule has 2 heterocycles. The van der Waals surface area contributed by atoms with Crippen LogP contribution in [-0.2, 0) is 22.4 Å². The molecule has 0 aliphatic heterocycles. The fourth-order valence-electron chi connectivity index (χ4n) is 3.21. The zero-order valence-corrected chi connectivity index (χ0v) is 16.7. The molecule has 1 unspecified atom stereocenters. The molecule has 2 aromatic heterocycles. The van der Waals surface area contributed by atoms with Crippen LogP contribution in [0.15, 0.2) is 23.6 Å². The summed E-state index contributed by atoms with van der Waals surface area (Å²) in [7, 11) is 0. The van der Waals surface area contributed by atoms with E-state index in [1.54, 1.807) is 24.3 Å². The number of anilines is 1. The minimum atomic E-state index is -0.336. The standard InChI is InChI=1S/C20H23NO3S2/c1-3-13-7-9-15-16(12-13)26-19(18(15)20(23)24-4-2)21-17(22)10-8-14-6-5-11-25-14/h5-6,8,10-11,13H,3-4,7,9,12H2,1-2H3,(H,21,22). The molecule has 0 spiro atoms. The zero-order chi connectivity index (χ0) is 18.5. The van der Waals surface area contributed by atoms with E-state index in [4.69, 9.17) is 4.74 Å². The van der Waals surface area contributed by atoms with Gasteiger partial charge in [-0.05, 0) is 55.2 Å². The van der Waals surface area contributed by atoms with Crippen molar-refractivity contribution in [1.82, 2.24) is 0 Å². The van der Waals surface area contributed by atoms with Crippen LogP contribution in [-0.4, -0.2) is 18.5 Å². The highest BCUT2D eigenvalue weighted by Gasteiger charge is 2.29. The third-order valence-corrected chi connectivity index (χ3v) is 6.61. The van der Waals surface area contributed by atoms with Crippen molar-refractivity contribution in [3.63, 3.8) is 0 Å². The van der Waals surface area contributed by atoms with Gasteiger partial charge in [-0.3, -0.25) is 4.79 Å². The fraction of sp³-hybridized carbons (Fsp3) is 0.400.